The number of rotatable bonds is 5. The Kier molecular flexibility index (Phi) is 4.91. The molecule has 1 aromatic rings. The highest BCUT2D eigenvalue weighted by Crippen LogP contribution is 2.25. The van der Waals surface area contributed by atoms with E-state index in [2.05, 4.69) is 20.8 Å². The van der Waals surface area contributed by atoms with E-state index in [1.807, 2.05) is 12.1 Å². The van der Waals surface area contributed by atoms with Crippen LogP contribution in [0.1, 0.15) is 55.1 Å². The second-order valence-electron chi connectivity index (χ2n) is 5.61. The third-order valence-electron chi connectivity index (χ3n) is 3.06. The zero-order valence-electron chi connectivity index (χ0n) is 11.4. The van der Waals surface area contributed by atoms with Crippen LogP contribution in [-0.4, -0.2) is 22.8 Å². The molecule has 0 saturated carbocycles. The van der Waals surface area contributed by atoms with Gasteiger partial charge >= 0.3 is 5.97 Å². The van der Waals surface area contributed by atoms with Gasteiger partial charge in [0.1, 0.15) is 0 Å². The molecule has 2 N–H and O–H groups in total. The van der Waals surface area contributed by atoms with E-state index in [0.29, 0.717) is 18.4 Å². The first-order chi connectivity index (χ1) is 8.36. The number of carbonyl (C=O) groups is 1. The molecule has 18 heavy (non-hydrogen) atoms. The number of aromatic carboxylic acids is 1. The number of unbranched alkanes of at least 4 members (excludes halogenated alkanes) is 1. The van der Waals surface area contributed by atoms with E-state index in [4.69, 9.17) is 10.2 Å². The third-order valence-corrected chi connectivity index (χ3v) is 3.06. The summed E-state index contributed by atoms with van der Waals surface area (Å²) in [5, 5.41) is 18.0. The van der Waals surface area contributed by atoms with Gasteiger partial charge in [-0.15, -0.1) is 0 Å². The van der Waals surface area contributed by atoms with Crippen molar-refractivity contribution in [3.63, 3.8) is 0 Å². The molecule has 0 aliphatic heterocycles. The lowest BCUT2D eigenvalue weighted by Gasteiger charge is -2.20. The highest BCUT2D eigenvalue weighted by atomic mass is 16.4. The molecular weight excluding hydrogens is 228 g/mol. The van der Waals surface area contributed by atoms with Crippen LogP contribution >= 0.6 is 0 Å². The molecule has 100 valence electrons. The van der Waals surface area contributed by atoms with E-state index < -0.39 is 5.97 Å². The number of hydrogen-bond donors (Lipinski definition) is 2. The molecule has 0 atom stereocenters. The maximum Gasteiger partial charge on any atom is 0.335 e. The van der Waals surface area contributed by atoms with Crippen molar-refractivity contribution in [3.05, 3.63) is 34.9 Å². The molecule has 0 aliphatic rings. The summed E-state index contributed by atoms with van der Waals surface area (Å²) in [6.07, 6.45) is 2.22. The molecule has 0 aromatic heterocycles. The smallest absolute Gasteiger partial charge is 0.335 e. The van der Waals surface area contributed by atoms with Crippen molar-refractivity contribution in [1.29, 1.82) is 0 Å². The molecule has 0 amide bonds. The van der Waals surface area contributed by atoms with Gasteiger partial charge in [-0.2, -0.15) is 0 Å². The number of aliphatic hydroxyl groups is 1. The normalized spacial score (nSPS) is 11.6. The van der Waals surface area contributed by atoms with Gasteiger partial charge in [0.05, 0.1) is 5.56 Å². The lowest BCUT2D eigenvalue weighted by atomic mass is 9.84. The van der Waals surface area contributed by atoms with Crippen LogP contribution < -0.4 is 0 Å². The van der Waals surface area contributed by atoms with E-state index >= 15 is 0 Å². The van der Waals surface area contributed by atoms with Gasteiger partial charge in [0.15, 0.2) is 0 Å². The summed E-state index contributed by atoms with van der Waals surface area (Å²) in [5.41, 5.74) is 2.40. The van der Waals surface area contributed by atoms with Crippen LogP contribution in [0.15, 0.2) is 18.2 Å². The number of hydrogen-bond acceptors (Lipinski definition) is 2. The second-order valence-corrected chi connectivity index (χ2v) is 5.61. The predicted octanol–water partition coefficient (Wildman–Crippen LogP) is 3.00. The second kappa shape index (κ2) is 6.01. The van der Waals surface area contributed by atoms with Gasteiger partial charge in [0, 0.05) is 6.61 Å². The first kappa shape index (κ1) is 14.7. The Labute approximate surface area is 108 Å². The van der Waals surface area contributed by atoms with E-state index in [1.54, 1.807) is 6.07 Å². The van der Waals surface area contributed by atoms with Gasteiger partial charge in [0.2, 0.25) is 0 Å². The minimum absolute atomic E-state index is 0.0166. The van der Waals surface area contributed by atoms with Gasteiger partial charge in [-0.1, -0.05) is 32.9 Å². The molecule has 1 aromatic carbocycles. The first-order valence-corrected chi connectivity index (χ1v) is 6.34. The average molecular weight is 250 g/mol. The maximum atomic E-state index is 11.2. The van der Waals surface area contributed by atoms with Gasteiger partial charge in [-0.25, -0.2) is 4.79 Å². The fraction of sp³-hybridized carbons (Fsp3) is 0.533. The average Bonchev–Trinajstić information content (AvgIpc) is 2.27. The maximum absolute atomic E-state index is 11.2. The first-order valence-electron chi connectivity index (χ1n) is 6.34. The number of aryl methyl sites for hydroxylation is 1. The van der Waals surface area contributed by atoms with E-state index in [0.717, 1.165) is 17.5 Å². The number of carboxylic acid groups (broad SMARTS) is 1. The minimum Gasteiger partial charge on any atom is -0.478 e. The zero-order chi connectivity index (χ0) is 13.8. The Morgan fingerprint density at radius 1 is 1.22 bits per heavy atom. The monoisotopic (exact) mass is 250 g/mol. The van der Waals surface area contributed by atoms with Gasteiger partial charge in [-0.3, -0.25) is 0 Å². The van der Waals surface area contributed by atoms with Crippen LogP contribution in [-0.2, 0) is 11.8 Å². The molecule has 0 aliphatic carbocycles. The lowest BCUT2D eigenvalue weighted by molar-refractivity contribution is 0.0695. The van der Waals surface area contributed by atoms with Crippen LogP contribution in [0.25, 0.3) is 0 Å². The Morgan fingerprint density at radius 2 is 1.89 bits per heavy atom. The minimum atomic E-state index is -0.880. The summed E-state index contributed by atoms with van der Waals surface area (Å²) in [6.45, 7) is 6.49. The molecule has 0 unspecified atom stereocenters. The van der Waals surface area contributed by atoms with Crippen molar-refractivity contribution in [2.24, 2.45) is 0 Å². The van der Waals surface area contributed by atoms with Crippen molar-refractivity contribution in [1.82, 2.24) is 0 Å². The third kappa shape index (κ3) is 3.84. The SMILES string of the molecule is CC(C)(C)c1ccc(C(=O)O)c(CCCCO)c1. The van der Waals surface area contributed by atoms with Crippen molar-refractivity contribution in [2.75, 3.05) is 6.61 Å². The summed E-state index contributed by atoms with van der Waals surface area (Å²) in [7, 11) is 0. The van der Waals surface area contributed by atoms with Crippen LogP contribution in [0.3, 0.4) is 0 Å². The fourth-order valence-corrected chi connectivity index (χ4v) is 1.90. The Hall–Kier alpha value is -1.35. The van der Waals surface area contributed by atoms with Crippen molar-refractivity contribution in [2.45, 2.75) is 45.4 Å². The van der Waals surface area contributed by atoms with Crippen LogP contribution in [0.5, 0.6) is 0 Å². The fourth-order valence-electron chi connectivity index (χ4n) is 1.90. The quantitative estimate of drug-likeness (QED) is 0.790. The van der Waals surface area contributed by atoms with Gasteiger partial charge in [-0.05, 0) is 41.9 Å². The van der Waals surface area contributed by atoms with Gasteiger partial charge in [0.25, 0.3) is 0 Å². The largest absolute Gasteiger partial charge is 0.478 e. The molecule has 0 radical (unpaired) electrons. The summed E-state index contributed by atoms with van der Waals surface area (Å²) in [6, 6.07) is 5.57. The Morgan fingerprint density at radius 3 is 2.39 bits per heavy atom. The van der Waals surface area contributed by atoms with E-state index in [9.17, 15) is 4.79 Å². The Balaban J connectivity index is 3.04. The van der Waals surface area contributed by atoms with Crippen molar-refractivity contribution >= 4 is 5.97 Å². The molecule has 3 heteroatoms. The molecule has 1 rings (SSSR count). The molecule has 0 spiro atoms. The van der Waals surface area contributed by atoms with E-state index in [-0.39, 0.29) is 12.0 Å². The van der Waals surface area contributed by atoms with Gasteiger partial charge < -0.3 is 10.2 Å². The highest BCUT2D eigenvalue weighted by molar-refractivity contribution is 5.89. The van der Waals surface area contributed by atoms with Crippen LogP contribution in [0, 0.1) is 0 Å². The molecule has 0 bridgehead atoms. The zero-order valence-corrected chi connectivity index (χ0v) is 11.4. The molecule has 0 heterocycles. The standard InChI is InChI=1S/C15H22O3/c1-15(2,3)12-7-8-13(14(17)18)11(10-12)6-4-5-9-16/h7-8,10,16H,4-6,9H2,1-3H3,(H,17,18). The number of carboxylic acids is 1. The predicted molar refractivity (Wildman–Crippen MR) is 72.1 cm³/mol. The topological polar surface area (TPSA) is 57.5 Å². The summed E-state index contributed by atoms with van der Waals surface area (Å²) in [4.78, 5) is 11.2. The number of aliphatic hydroxyl groups excluding tert-OH is 1. The number of benzene rings is 1. The summed E-state index contributed by atoms with van der Waals surface area (Å²) >= 11 is 0. The van der Waals surface area contributed by atoms with Crippen LogP contribution in [0.2, 0.25) is 0 Å². The molecular formula is C15H22O3. The lowest BCUT2D eigenvalue weighted by Crippen LogP contribution is -2.13. The molecule has 3 nitrogen and oxygen atoms in total. The summed E-state index contributed by atoms with van der Waals surface area (Å²) in [5.74, 6) is -0.880. The molecule has 0 saturated heterocycles. The van der Waals surface area contributed by atoms with Crippen LogP contribution in [0.4, 0.5) is 0 Å². The molecule has 0 fully saturated rings. The van der Waals surface area contributed by atoms with Crippen molar-refractivity contribution in [3.8, 4) is 0 Å². The van der Waals surface area contributed by atoms with E-state index in [1.165, 1.54) is 0 Å². The van der Waals surface area contributed by atoms with Crippen molar-refractivity contribution < 1.29 is 15.0 Å². The Bertz CT molecular complexity index is 416. The highest BCUT2D eigenvalue weighted by Gasteiger charge is 2.17. The summed E-state index contributed by atoms with van der Waals surface area (Å²) < 4.78 is 0.